The number of allylic oxidation sites excluding steroid dienone is 6. The van der Waals surface area contributed by atoms with Gasteiger partial charge in [0.15, 0.2) is 0 Å². The van der Waals surface area contributed by atoms with Gasteiger partial charge >= 0.3 is 0 Å². The number of nitrogens with zero attached hydrogens (tertiary/aromatic N) is 1. The Morgan fingerprint density at radius 3 is 2.32 bits per heavy atom. The molecule has 2 bridgehead atoms. The highest BCUT2D eigenvalue weighted by molar-refractivity contribution is 6.15. The normalized spacial score (nSPS) is 19.2. The first kappa shape index (κ1) is 25.3. The van der Waals surface area contributed by atoms with Gasteiger partial charge in [-0.3, -0.25) is 0 Å². The van der Waals surface area contributed by atoms with Crippen LogP contribution in [0.5, 0.6) is 0 Å². The highest BCUT2D eigenvalue weighted by atomic mass is 16.3. The molecule has 3 aliphatic rings. The van der Waals surface area contributed by atoms with E-state index in [9.17, 15) is 0 Å². The van der Waals surface area contributed by atoms with Crippen molar-refractivity contribution >= 4 is 49.3 Å². The van der Waals surface area contributed by atoms with Crippen molar-refractivity contribution in [1.29, 1.82) is 0 Å². The minimum absolute atomic E-state index is 0.120. The topological polar surface area (TPSA) is 18.1 Å². The molecular weight excluding hydrogens is 571 g/mol. The third kappa shape index (κ3) is 3.06. The zero-order valence-corrected chi connectivity index (χ0v) is 25.9. The second kappa shape index (κ2) is 8.90. The van der Waals surface area contributed by atoms with Crippen molar-refractivity contribution < 1.29 is 4.42 Å². The predicted octanol–water partition coefficient (Wildman–Crippen LogP) is 11.5. The second-order valence-electron chi connectivity index (χ2n) is 13.3. The van der Waals surface area contributed by atoms with Gasteiger partial charge in [-0.2, -0.15) is 0 Å². The highest BCUT2D eigenvalue weighted by Crippen LogP contribution is 2.60. The molecule has 1 aliphatic heterocycles. The molecular formula is C45H29NO. The molecule has 2 aliphatic carbocycles. The molecule has 2 unspecified atom stereocenters. The first-order chi connectivity index (χ1) is 23.2. The summed E-state index contributed by atoms with van der Waals surface area (Å²) in [5.74, 6) is 0.120. The minimum Gasteiger partial charge on any atom is -0.455 e. The van der Waals surface area contributed by atoms with Crippen LogP contribution in [-0.2, 0) is 5.41 Å². The van der Waals surface area contributed by atoms with Crippen molar-refractivity contribution in [2.75, 3.05) is 0 Å². The van der Waals surface area contributed by atoms with Crippen LogP contribution >= 0.6 is 0 Å². The van der Waals surface area contributed by atoms with Crippen LogP contribution in [0.4, 0.5) is 0 Å². The molecule has 0 amide bonds. The highest BCUT2D eigenvalue weighted by Gasteiger charge is 2.51. The van der Waals surface area contributed by atoms with E-state index in [0.717, 1.165) is 27.5 Å². The lowest BCUT2D eigenvalue weighted by molar-refractivity contribution is 0.512. The molecule has 0 fully saturated rings. The van der Waals surface area contributed by atoms with Gasteiger partial charge in [0, 0.05) is 33.0 Å². The number of para-hydroxylation sites is 4. The number of hydrogen-bond acceptors (Lipinski definition) is 1. The van der Waals surface area contributed by atoms with Crippen LogP contribution in [0.3, 0.4) is 0 Å². The average Bonchev–Trinajstić information content (AvgIpc) is 3.61. The Kier molecular flexibility index (Phi) is 4.80. The molecule has 0 radical (unpaired) electrons. The van der Waals surface area contributed by atoms with Crippen LogP contribution < -0.4 is 0 Å². The molecule has 0 saturated carbocycles. The van der Waals surface area contributed by atoms with Crippen molar-refractivity contribution in [2.45, 2.75) is 12.3 Å². The maximum atomic E-state index is 6.64. The lowest BCUT2D eigenvalue weighted by Gasteiger charge is -2.48. The quantitative estimate of drug-likeness (QED) is 0.184. The standard InChI is InChI=1S/C45H29NO/c1-27-12-10-13-29-26-35(27)31-14-2-5-19-37(31)45(29)38-20-6-8-22-41(38)46-40-21-7-3-15-32(40)36-24-28(25-39(45)43(36)46)30-17-11-18-34-33-16-4-9-23-42(33)47-44(30)34/h2-26,29H,1H3. The van der Waals surface area contributed by atoms with Gasteiger partial charge in [0.1, 0.15) is 11.2 Å². The predicted molar refractivity (Wildman–Crippen MR) is 194 cm³/mol. The van der Waals surface area contributed by atoms with E-state index < -0.39 is 5.41 Å². The van der Waals surface area contributed by atoms with Gasteiger partial charge in [-0.05, 0) is 76.2 Å². The zero-order valence-electron chi connectivity index (χ0n) is 25.9. The SMILES string of the molecule is CC1=CC=CC2C=C1c1ccccc1C21c2ccccc2-n2c3ccccc3c3cc(-c4cccc5c4oc4ccccc45)cc1c32. The van der Waals surface area contributed by atoms with E-state index >= 15 is 0 Å². The molecule has 220 valence electrons. The van der Waals surface area contributed by atoms with Gasteiger partial charge < -0.3 is 8.98 Å². The minimum atomic E-state index is -0.438. The Hall–Kier alpha value is -5.86. The summed E-state index contributed by atoms with van der Waals surface area (Å²) in [7, 11) is 0. The van der Waals surface area contributed by atoms with E-state index in [1.54, 1.807) is 0 Å². The summed E-state index contributed by atoms with van der Waals surface area (Å²) in [6.45, 7) is 2.24. The van der Waals surface area contributed by atoms with Crippen LogP contribution in [0.25, 0.3) is 66.1 Å². The molecule has 2 atom stereocenters. The molecule has 47 heavy (non-hydrogen) atoms. The Morgan fingerprint density at radius 2 is 1.38 bits per heavy atom. The van der Waals surface area contributed by atoms with E-state index in [-0.39, 0.29) is 5.92 Å². The van der Waals surface area contributed by atoms with Crippen LogP contribution in [0.1, 0.15) is 29.2 Å². The van der Waals surface area contributed by atoms with E-state index in [4.69, 9.17) is 4.42 Å². The van der Waals surface area contributed by atoms with Gasteiger partial charge in [-0.25, -0.2) is 0 Å². The first-order valence-electron chi connectivity index (χ1n) is 16.5. The van der Waals surface area contributed by atoms with Gasteiger partial charge in [0.05, 0.1) is 22.1 Å². The summed E-state index contributed by atoms with van der Waals surface area (Å²) >= 11 is 0. The monoisotopic (exact) mass is 599 g/mol. The molecule has 1 spiro atoms. The molecule has 11 rings (SSSR count). The first-order valence-corrected chi connectivity index (χ1v) is 16.5. The van der Waals surface area contributed by atoms with Crippen molar-refractivity contribution in [2.24, 2.45) is 5.92 Å². The fourth-order valence-corrected chi connectivity index (χ4v) is 9.16. The smallest absolute Gasteiger partial charge is 0.143 e. The summed E-state index contributed by atoms with van der Waals surface area (Å²) in [6, 6.07) is 47.0. The number of benzene rings is 6. The van der Waals surface area contributed by atoms with Crippen LogP contribution in [0.2, 0.25) is 0 Å². The van der Waals surface area contributed by atoms with Gasteiger partial charge in [0.25, 0.3) is 0 Å². The maximum absolute atomic E-state index is 6.64. The molecule has 2 aromatic heterocycles. The second-order valence-corrected chi connectivity index (χ2v) is 13.3. The van der Waals surface area contributed by atoms with E-state index in [2.05, 4.69) is 163 Å². The zero-order chi connectivity index (χ0) is 30.9. The van der Waals surface area contributed by atoms with Gasteiger partial charge in [0.2, 0.25) is 0 Å². The lowest BCUT2D eigenvalue weighted by Crippen LogP contribution is -2.42. The van der Waals surface area contributed by atoms with Crippen LogP contribution in [0, 0.1) is 5.92 Å². The number of furan rings is 1. The molecule has 8 aromatic rings. The van der Waals surface area contributed by atoms with Crippen LogP contribution in [0.15, 0.2) is 162 Å². The summed E-state index contributed by atoms with van der Waals surface area (Å²) in [6.07, 6.45) is 9.52. The summed E-state index contributed by atoms with van der Waals surface area (Å²) in [5.41, 5.74) is 15.5. The lowest BCUT2D eigenvalue weighted by atomic mass is 9.56. The van der Waals surface area contributed by atoms with Crippen molar-refractivity contribution in [3.8, 4) is 16.8 Å². The Balaban J connectivity index is 1.35. The fraction of sp³-hybridized carbons (Fsp3) is 0.0667. The average molecular weight is 600 g/mol. The van der Waals surface area contributed by atoms with Crippen molar-refractivity contribution in [3.05, 3.63) is 180 Å². The Bertz CT molecular complexity index is 2760. The fourth-order valence-electron chi connectivity index (χ4n) is 9.16. The Morgan fingerprint density at radius 1 is 0.638 bits per heavy atom. The van der Waals surface area contributed by atoms with Crippen LogP contribution in [-0.4, -0.2) is 4.57 Å². The van der Waals surface area contributed by atoms with E-state index in [0.29, 0.717) is 0 Å². The number of fused-ring (bicyclic) bond motifs is 15. The summed E-state index contributed by atoms with van der Waals surface area (Å²) in [4.78, 5) is 0. The molecule has 3 heterocycles. The molecule has 2 heteroatoms. The summed E-state index contributed by atoms with van der Waals surface area (Å²) < 4.78 is 9.17. The Labute approximate surface area is 272 Å². The summed E-state index contributed by atoms with van der Waals surface area (Å²) in [5, 5.41) is 4.84. The molecule has 2 nitrogen and oxygen atoms in total. The maximum Gasteiger partial charge on any atom is 0.143 e. The largest absolute Gasteiger partial charge is 0.455 e. The van der Waals surface area contributed by atoms with Crippen molar-refractivity contribution in [1.82, 2.24) is 4.57 Å². The number of aromatic nitrogens is 1. The molecule has 0 N–H and O–H groups in total. The molecule has 6 aromatic carbocycles. The van der Waals surface area contributed by atoms with Gasteiger partial charge in [-0.1, -0.05) is 121 Å². The third-order valence-corrected chi connectivity index (χ3v) is 11.1. The number of hydrogen-bond donors (Lipinski definition) is 0. The van der Waals surface area contributed by atoms with E-state index in [1.807, 2.05) is 0 Å². The van der Waals surface area contributed by atoms with Crippen molar-refractivity contribution in [3.63, 3.8) is 0 Å². The third-order valence-electron chi connectivity index (χ3n) is 11.1. The molecule has 0 saturated heterocycles. The van der Waals surface area contributed by atoms with E-state index in [1.165, 1.54) is 66.5 Å². The number of rotatable bonds is 1. The van der Waals surface area contributed by atoms with Gasteiger partial charge in [-0.15, -0.1) is 0 Å².